The van der Waals surface area contributed by atoms with E-state index in [2.05, 4.69) is 23.6 Å². The number of hydrogen-bond donors (Lipinski definition) is 0. The largest absolute Gasteiger partial charge is 0.497 e. The molecule has 2 aliphatic carbocycles. The van der Waals surface area contributed by atoms with Crippen molar-refractivity contribution in [3.8, 4) is 5.75 Å². The van der Waals surface area contributed by atoms with Gasteiger partial charge in [-0.1, -0.05) is 0 Å². The lowest BCUT2D eigenvalue weighted by molar-refractivity contribution is -0.138. The van der Waals surface area contributed by atoms with E-state index in [1.54, 1.807) is 17.5 Å². The number of likely N-dealkylation sites (N-methyl/N-ethyl adjacent to an activating group) is 1. The van der Waals surface area contributed by atoms with Gasteiger partial charge in [0.15, 0.2) is 0 Å². The number of hydrogen-bond acceptors (Lipinski definition) is 7. The second-order valence-electron chi connectivity index (χ2n) is 12.1. The first-order valence-corrected chi connectivity index (χ1v) is 16.1. The zero-order chi connectivity index (χ0) is 27.9. The average Bonchev–Trinajstić information content (AvgIpc) is 3.72. The van der Waals surface area contributed by atoms with Gasteiger partial charge >= 0.3 is 0 Å². The summed E-state index contributed by atoms with van der Waals surface area (Å²) in [5.74, 6) is 0.881. The van der Waals surface area contributed by atoms with Crippen LogP contribution in [0.4, 0.5) is 0 Å². The van der Waals surface area contributed by atoms with E-state index in [0.29, 0.717) is 28.3 Å². The second kappa shape index (κ2) is 11.6. The number of benzene rings is 1. The van der Waals surface area contributed by atoms with Gasteiger partial charge in [-0.05, 0) is 76.1 Å². The van der Waals surface area contributed by atoms with Crippen LogP contribution in [0.5, 0.6) is 5.75 Å². The summed E-state index contributed by atoms with van der Waals surface area (Å²) in [7, 11) is -0.111. The van der Waals surface area contributed by atoms with Gasteiger partial charge in [0.25, 0.3) is 0 Å². The number of carbonyl (C=O) groups excluding carboxylic acids is 1. The Bertz CT molecular complexity index is 1150. The van der Waals surface area contributed by atoms with Gasteiger partial charge in [-0.3, -0.25) is 14.6 Å². The molecule has 2 aliphatic heterocycles. The van der Waals surface area contributed by atoms with E-state index in [0.717, 1.165) is 57.4 Å². The minimum atomic E-state index is -3.61. The highest BCUT2D eigenvalue weighted by Crippen LogP contribution is 2.54. The Kier molecular flexibility index (Phi) is 8.60. The van der Waals surface area contributed by atoms with E-state index in [1.807, 2.05) is 24.9 Å². The van der Waals surface area contributed by atoms with Crippen molar-refractivity contribution < 1.29 is 22.7 Å². The molecular formula is C29H46N4O5S. The third kappa shape index (κ3) is 5.86. The first kappa shape index (κ1) is 28.8. The molecule has 9 nitrogen and oxygen atoms in total. The molecule has 39 heavy (non-hydrogen) atoms. The fraction of sp³-hybridized carbons (Fsp3) is 0.759. The summed E-state index contributed by atoms with van der Waals surface area (Å²) in [6.07, 6.45) is 5.21. The Labute approximate surface area is 234 Å². The molecule has 218 valence electrons. The summed E-state index contributed by atoms with van der Waals surface area (Å²) >= 11 is 0. The number of nitrogens with zero attached hydrogens (tertiary/aromatic N) is 4. The number of sulfonamides is 1. The van der Waals surface area contributed by atoms with Crippen LogP contribution in [0.1, 0.15) is 63.0 Å². The highest BCUT2D eigenvalue weighted by molar-refractivity contribution is 7.89. The van der Waals surface area contributed by atoms with E-state index >= 15 is 0 Å². The Morgan fingerprint density at radius 1 is 1.13 bits per heavy atom. The van der Waals surface area contributed by atoms with E-state index < -0.39 is 10.0 Å². The van der Waals surface area contributed by atoms with Gasteiger partial charge in [-0.2, -0.15) is 4.31 Å². The topological polar surface area (TPSA) is 82.6 Å². The Morgan fingerprint density at radius 2 is 1.87 bits per heavy atom. The summed E-state index contributed by atoms with van der Waals surface area (Å²) in [5, 5.41) is 0. The Hall–Kier alpha value is -1.72. The highest BCUT2D eigenvalue weighted by Gasteiger charge is 2.54. The van der Waals surface area contributed by atoms with E-state index in [4.69, 9.17) is 9.47 Å². The van der Waals surface area contributed by atoms with Gasteiger partial charge in [0.1, 0.15) is 12.4 Å². The number of aryl methyl sites for hydroxylation is 1. The summed E-state index contributed by atoms with van der Waals surface area (Å²) in [6, 6.07) is 4.99. The van der Waals surface area contributed by atoms with Gasteiger partial charge in [-0.25, -0.2) is 8.42 Å². The molecule has 1 saturated heterocycles. The Balaban J connectivity index is 1.10. The predicted molar refractivity (Wildman–Crippen MR) is 151 cm³/mol. The van der Waals surface area contributed by atoms with Gasteiger partial charge in [0, 0.05) is 69.9 Å². The van der Waals surface area contributed by atoms with Crippen molar-refractivity contribution in [2.24, 2.45) is 0 Å². The third-order valence-electron chi connectivity index (χ3n) is 9.44. The lowest BCUT2D eigenvalue weighted by Crippen LogP contribution is -2.54. The minimum Gasteiger partial charge on any atom is -0.497 e. The summed E-state index contributed by atoms with van der Waals surface area (Å²) < 4.78 is 39.6. The number of amides is 1. The summed E-state index contributed by atoms with van der Waals surface area (Å²) in [6.45, 7) is 11.3. The monoisotopic (exact) mass is 562 g/mol. The number of methoxy groups -OCH3 is 1. The lowest BCUT2D eigenvalue weighted by atomic mass is 9.88. The average molecular weight is 563 g/mol. The standard InChI is InChI=1S/C29H46N4O5S/c1-20(2)31-9-11-32(12-10-31)23-8-6-7-22(16-23)30(4)28(34)19-38-14-13-33-27-18-25(27)26-17-24(37-5)15-21(3)29(26)39(33,35)36/h15,17,20,22-23,25,27H,6-14,16,18-19H2,1-5H3. The van der Waals surface area contributed by atoms with Crippen molar-refractivity contribution in [1.29, 1.82) is 0 Å². The second-order valence-corrected chi connectivity index (χ2v) is 13.9. The third-order valence-corrected chi connectivity index (χ3v) is 11.6. The zero-order valence-corrected chi connectivity index (χ0v) is 25.1. The molecule has 4 aliphatic rings. The Morgan fingerprint density at radius 3 is 2.56 bits per heavy atom. The van der Waals surface area contributed by atoms with Crippen molar-refractivity contribution in [3.63, 3.8) is 0 Å². The molecule has 4 atom stereocenters. The van der Waals surface area contributed by atoms with Gasteiger partial charge in [-0.15, -0.1) is 0 Å². The molecule has 4 unspecified atom stereocenters. The fourth-order valence-electron chi connectivity index (χ4n) is 6.99. The number of ether oxygens (including phenoxy) is 2. The molecule has 0 bridgehead atoms. The molecule has 1 amide bonds. The molecule has 1 aromatic carbocycles. The van der Waals surface area contributed by atoms with Crippen molar-refractivity contribution in [2.75, 3.05) is 60.1 Å². The molecule has 2 saturated carbocycles. The van der Waals surface area contributed by atoms with Crippen molar-refractivity contribution in [3.05, 3.63) is 23.3 Å². The number of rotatable bonds is 9. The van der Waals surface area contributed by atoms with E-state index in [-0.39, 0.29) is 43.7 Å². The van der Waals surface area contributed by atoms with Crippen LogP contribution in [-0.4, -0.2) is 118 Å². The molecular weight excluding hydrogens is 516 g/mol. The molecule has 0 aromatic heterocycles. The molecule has 5 rings (SSSR count). The molecule has 0 N–H and O–H groups in total. The maximum absolute atomic E-state index is 13.5. The lowest BCUT2D eigenvalue weighted by Gasteiger charge is -2.44. The van der Waals surface area contributed by atoms with Gasteiger partial charge < -0.3 is 14.4 Å². The van der Waals surface area contributed by atoms with Crippen LogP contribution in [0.25, 0.3) is 0 Å². The number of fused-ring (bicyclic) bond motifs is 3. The summed E-state index contributed by atoms with van der Waals surface area (Å²) in [4.78, 5) is 20.5. The van der Waals surface area contributed by atoms with Crippen LogP contribution in [0.2, 0.25) is 0 Å². The quantitative estimate of drug-likeness (QED) is 0.428. The van der Waals surface area contributed by atoms with Crippen LogP contribution in [0.15, 0.2) is 17.0 Å². The van der Waals surface area contributed by atoms with Crippen LogP contribution in [-0.2, 0) is 19.6 Å². The fourth-order valence-corrected chi connectivity index (χ4v) is 9.10. The molecule has 0 radical (unpaired) electrons. The van der Waals surface area contributed by atoms with Gasteiger partial charge in [0.2, 0.25) is 15.9 Å². The molecule has 0 spiro atoms. The number of carbonyl (C=O) groups is 1. The van der Waals surface area contributed by atoms with Crippen molar-refractivity contribution in [1.82, 2.24) is 19.0 Å². The first-order chi connectivity index (χ1) is 18.6. The van der Waals surface area contributed by atoms with E-state index in [1.165, 1.54) is 6.42 Å². The molecule has 10 heteroatoms. The maximum atomic E-state index is 13.5. The van der Waals surface area contributed by atoms with E-state index in [9.17, 15) is 13.2 Å². The molecule has 1 aromatic rings. The van der Waals surface area contributed by atoms with Crippen LogP contribution in [0, 0.1) is 6.92 Å². The van der Waals surface area contributed by atoms with Crippen molar-refractivity contribution in [2.45, 2.75) is 87.9 Å². The normalized spacial score (nSPS) is 29.1. The smallest absolute Gasteiger partial charge is 0.248 e. The van der Waals surface area contributed by atoms with Crippen LogP contribution < -0.4 is 4.74 Å². The zero-order valence-electron chi connectivity index (χ0n) is 24.3. The molecule has 2 heterocycles. The highest BCUT2D eigenvalue weighted by atomic mass is 32.2. The predicted octanol–water partition coefficient (Wildman–Crippen LogP) is 2.68. The maximum Gasteiger partial charge on any atom is 0.248 e. The number of piperazine rings is 1. The summed E-state index contributed by atoms with van der Waals surface area (Å²) in [5.41, 5.74) is 1.59. The molecule has 3 fully saturated rings. The van der Waals surface area contributed by atoms with Crippen molar-refractivity contribution >= 4 is 15.9 Å². The first-order valence-electron chi connectivity index (χ1n) is 14.6. The van der Waals surface area contributed by atoms with Gasteiger partial charge in [0.05, 0.1) is 18.6 Å². The van der Waals surface area contributed by atoms with Crippen LogP contribution in [0.3, 0.4) is 0 Å². The minimum absolute atomic E-state index is 0.0144. The van der Waals surface area contributed by atoms with Crippen LogP contribution >= 0.6 is 0 Å². The SMILES string of the molecule is COc1cc(C)c2c(c1)C1CC1N(CCOCC(=O)N(C)C1CCCC(N3CCN(C(C)C)CC3)C1)S2(=O)=O.